The third-order valence-corrected chi connectivity index (χ3v) is 3.83. The van der Waals surface area contributed by atoms with Crippen molar-refractivity contribution in [3.8, 4) is 0 Å². The summed E-state index contributed by atoms with van der Waals surface area (Å²) in [6.45, 7) is 0.270. The molecule has 2 aromatic rings. The van der Waals surface area contributed by atoms with Gasteiger partial charge in [0.2, 0.25) is 7.85 Å². The van der Waals surface area contributed by atoms with Gasteiger partial charge in [-0.3, -0.25) is 9.59 Å². The van der Waals surface area contributed by atoms with Crippen molar-refractivity contribution < 1.29 is 14.7 Å². The van der Waals surface area contributed by atoms with E-state index in [0.29, 0.717) is 12.0 Å². The van der Waals surface area contributed by atoms with Crippen molar-refractivity contribution in [3.05, 3.63) is 71.8 Å². The SMILES string of the molecule is [B]C(=O)N[C@@H](Cc1ccccc1)[C@H](O)CNCC(=O)c1ccccc1. The maximum atomic E-state index is 12.0. The normalized spacial score (nSPS) is 13.0. The number of ketones is 1. The van der Waals surface area contributed by atoms with Gasteiger partial charge in [0.1, 0.15) is 0 Å². The molecule has 0 saturated heterocycles. The summed E-state index contributed by atoms with van der Waals surface area (Å²) in [6.07, 6.45) is -0.435. The molecule has 0 spiro atoms. The molecule has 2 rings (SSSR count). The van der Waals surface area contributed by atoms with E-state index in [-0.39, 0.29) is 18.9 Å². The molecule has 0 heterocycles. The quantitative estimate of drug-likeness (QED) is 0.477. The Hall–Kier alpha value is -2.44. The van der Waals surface area contributed by atoms with E-state index in [4.69, 9.17) is 7.85 Å². The number of hydrogen-bond donors (Lipinski definition) is 3. The zero-order valence-corrected chi connectivity index (χ0v) is 13.9. The molecule has 3 N–H and O–H groups in total. The Labute approximate surface area is 148 Å². The lowest BCUT2D eigenvalue weighted by atomic mass is 9.99. The number of carbonyl (C=O) groups excluding carboxylic acids is 2. The zero-order valence-electron chi connectivity index (χ0n) is 13.9. The first-order valence-electron chi connectivity index (χ1n) is 8.13. The number of aliphatic hydroxyl groups excluding tert-OH is 1. The minimum absolute atomic E-state index is 0.0599. The smallest absolute Gasteiger partial charge is 0.200 e. The van der Waals surface area contributed by atoms with Gasteiger partial charge in [-0.15, -0.1) is 0 Å². The van der Waals surface area contributed by atoms with Crippen LogP contribution in [0.3, 0.4) is 0 Å². The minimum atomic E-state index is -0.878. The summed E-state index contributed by atoms with van der Waals surface area (Å²) < 4.78 is 0. The fourth-order valence-corrected chi connectivity index (χ4v) is 2.54. The van der Waals surface area contributed by atoms with E-state index in [9.17, 15) is 14.7 Å². The van der Waals surface area contributed by atoms with Crippen molar-refractivity contribution in [2.75, 3.05) is 13.1 Å². The Morgan fingerprint density at radius 1 is 1.00 bits per heavy atom. The van der Waals surface area contributed by atoms with Crippen LogP contribution >= 0.6 is 0 Å². The van der Waals surface area contributed by atoms with Gasteiger partial charge in [0.25, 0.3) is 0 Å². The van der Waals surface area contributed by atoms with E-state index in [1.54, 1.807) is 24.3 Å². The van der Waals surface area contributed by atoms with Gasteiger partial charge >= 0.3 is 0 Å². The number of aliphatic hydroxyl groups is 1. The Balaban J connectivity index is 1.87. The van der Waals surface area contributed by atoms with Crippen LogP contribution in [0.5, 0.6) is 0 Å². The van der Waals surface area contributed by atoms with Gasteiger partial charge in [0, 0.05) is 12.1 Å². The third kappa shape index (κ3) is 6.53. The van der Waals surface area contributed by atoms with E-state index in [2.05, 4.69) is 10.6 Å². The van der Waals surface area contributed by atoms with E-state index in [0.717, 1.165) is 5.56 Å². The predicted molar refractivity (Wildman–Crippen MR) is 97.9 cm³/mol. The highest BCUT2D eigenvalue weighted by molar-refractivity contribution is 6.57. The molecule has 0 aliphatic carbocycles. The average Bonchev–Trinajstić information content (AvgIpc) is 2.62. The van der Waals surface area contributed by atoms with Gasteiger partial charge in [-0.05, 0) is 12.0 Å². The van der Waals surface area contributed by atoms with E-state index < -0.39 is 18.0 Å². The van der Waals surface area contributed by atoms with Gasteiger partial charge in [-0.25, -0.2) is 0 Å². The highest BCUT2D eigenvalue weighted by atomic mass is 16.3. The van der Waals surface area contributed by atoms with Crippen molar-refractivity contribution in [1.29, 1.82) is 0 Å². The third-order valence-electron chi connectivity index (χ3n) is 3.83. The lowest BCUT2D eigenvalue weighted by Crippen LogP contribution is -2.49. The number of amides is 1. The van der Waals surface area contributed by atoms with Crippen LogP contribution in [-0.2, 0) is 6.42 Å². The molecule has 0 bridgehead atoms. The molecule has 2 aromatic carbocycles. The van der Waals surface area contributed by atoms with Crippen LogP contribution in [0.1, 0.15) is 15.9 Å². The Morgan fingerprint density at radius 2 is 1.60 bits per heavy atom. The molecule has 0 saturated carbocycles. The van der Waals surface area contributed by atoms with E-state index >= 15 is 0 Å². The molecule has 1 amide bonds. The van der Waals surface area contributed by atoms with Crippen LogP contribution in [0.25, 0.3) is 0 Å². The molecule has 0 aliphatic heterocycles. The van der Waals surface area contributed by atoms with Gasteiger partial charge in [-0.1, -0.05) is 60.7 Å². The molecular weight excluding hydrogens is 315 g/mol. The lowest BCUT2D eigenvalue weighted by molar-refractivity contribution is 0.0971. The summed E-state index contributed by atoms with van der Waals surface area (Å²) in [5.41, 5.74) is 1.58. The molecule has 5 nitrogen and oxygen atoms in total. The van der Waals surface area contributed by atoms with Crippen LogP contribution < -0.4 is 10.6 Å². The fraction of sp³-hybridized carbons (Fsp3) is 0.263. The van der Waals surface area contributed by atoms with Gasteiger partial charge in [0.05, 0.1) is 18.7 Å². The monoisotopic (exact) mass is 336 g/mol. The highest BCUT2D eigenvalue weighted by Crippen LogP contribution is 2.06. The average molecular weight is 336 g/mol. The van der Waals surface area contributed by atoms with Crippen LogP contribution in [-0.4, -0.2) is 49.8 Å². The summed E-state index contributed by atoms with van der Waals surface area (Å²) in [4.78, 5) is 23.2. The van der Waals surface area contributed by atoms with E-state index in [1.165, 1.54) is 0 Å². The summed E-state index contributed by atoms with van der Waals surface area (Å²) in [5, 5.41) is 15.9. The highest BCUT2D eigenvalue weighted by Gasteiger charge is 2.20. The van der Waals surface area contributed by atoms with Crippen LogP contribution in [0.15, 0.2) is 60.7 Å². The zero-order chi connectivity index (χ0) is 18.1. The number of hydrogen-bond acceptors (Lipinski definition) is 4. The molecule has 2 radical (unpaired) electrons. The first-order chi connectivity index (χ1) is 12.1. The summed E-state index contributed by atoms with van der Waals surface area (Å²) in [5.74, 6) is -0.754. The van der Waals surface area contributed by atoms with Gasteiger partial charge < -0.3 is 15.7 Å². The Morgan fingerprint density at radius 3 is 2.20 bits per heavy atom. The first kappa shape index (κ1) is 18.9. The van der Waals surface area contributed by atoms with Crippen molar-refractivity contribution in [2.24, 2.45) is 0 Å². The number of nitrogens with one attached hydrogen (secondary N) is 2. The van der Waals surface area contributed by atoms with Crippen LogP contribution in [0, 0.1) is 0 Å². The molecule has 0 unspecified atom stereocenters. The van der Waals surface area contributed by atoms with Crippen molar-refractivity contribution in [3.63, 3.8) is 0 Å². The second-order valence-electron chi connectivity index (χ2n) is 5.79. The maximum Gasteiger partial charge on any atom is 0.200 e. The van der Waals surface area contributed by atoms with E-state index in [1.807, 2.05) is 36.4 Å². The summed E-state index contributed by atoms with van der Waals surface area (Å²) >= 11 is 0. The molecule has 6 heteroatoms. The topological polar surface area (TPSA) is 78.4 Å². The number of rotatable bonds is 9. The number of carbonyl (C=O) groups is 2. The fourth-order valence-electron chi connectivity index (χ4n) is 2.54. The summed E-state index contributed by atoms with van der Waals surface area (Å²) in [7, 11) is 5.20. The minimum Gasteiger partial charge on any atom is -0.390 e. The molecule has 128 valence electrons. The molecular formula is C19H21BN2O3. The molecule has 0 fully saturated rings. The first-order valence-corrected chi connectivity index (χ1v) is 8.13. The maximum absolute atomic E-state index is 12.0. The standard InChI is InChI=1S/C19H21BN2O3/c20-19(25)22-16(11-14-7-3-1-4-8-14)18(24)13-21-12-17(23)15-9-5-2-6-10-15/h1-10,16,18,21,24H,11-13H2,(H,22,25)/t16-,18+/m0/s1. The van der Waals surface area contributed by atoms with Crippen molar-refractivity contribution >= 4 is 19.4 Å². The Bertz CT molecular complexity index is 680. The number of benzene rings is 2. The largest absolute Gasteiger partial charge is 0.390 e. The molecule has 0 aliphatic rings. The molecule has 0 aromatic heterocycles. The predicted octanol–water partition coefficient (Wildman–Crippen LogP) is 1.31. The summed E-state index contributed by atoms with van der Waals surface area (Å²) in [6, 6.07) is 17.9. The lowest BCUT2D eigenvalue weighted by Gasteiger charge is -2.24. The molecule has 25 heavy (non-hydrogen) atoms. The number of Topliss-reactive ketones (excluding diaryl/α,β-unsaturated/α-hetero) is 1. The van der Waals surface area contributed by atoms with Crippen molar-refractivity contribution in [1.82, 2.24) is 10.6 Å². The Kier molecular flexibility index (Phi) is 7.38. The molecule has 2 atom stereocenters. The second-order valence-corrected chi connectivity index (χ2v) is 5.79. The van der Waals surface area contributed by atoms with Crippen molar-refractivity contribution in [2.45, 2.75) is 18.6 Å². The van der Waals surface area contributed by atoms with Crippen LogP contribution in [0.2, 0.25) is 0 Å². The van der Waals surface area contributed by atoms with Gasteiger partial charge in [0.15, 0.2) is 11.6 Å². The second kappa shape index (κ2) is 9.76. The van der Waals surface area contributed by atoms with Crippen LogP contribution in [0.4, 0.5) is 4.79 Å². The van der Waals surface area contributed by atoms with Gasteiger partial charge in [-0.2, -0.15) is 0 Å².